The summed E-state index contributed by atoms with van der Waals surface area (Å²) in [6.45, 7) is 4.83. The molecule has 3 nitrogen and oxygen atoms in total. The fraction of sp³-hybridized carbons (Fsp3) is 0.316. The van der Waals surface area contributed by atoms with Crippen molar-refractivity contribution in [2.24, 2.45) is 0 Å². The summed E-state index contributed by atoms with van der Waals surface area (Å²) in [5, 5.41) is 2.87. The molecular weight excluding hydrogens is 306 g/mol. The number of hydrogen-bond donors (Lipinski definition) is 1. The summed E-state index contributed by atoms with van der Waals surface area (Å²) in [7, 11) is 0. The van der Waals surface area contributed by atoms with Crippen LogP contribution in [0.15, 0.2) is 48.5 Å². The maximum atomic E-state index is 11.7. The molecule has 0 aliphatic rings. The van der Waals surface area contributed by atoms with E-state index in [-0.39, 0.29) is 12.5 Å². The van der Waals surface area contributed by atoms with Gasteiger partial charge in [0.05, 0.1) is 0 Å². The van der Waals surface area contributed by atoms with E-state index in [1.807, 2.05) is 43.0 Å². The summed E-state index contributed by atoms with van der Waals surface area (Å²) in [6, 6.07) is 16.2. The average molecular weight is 329 g/mol. The first-order chi connectivity index (χ1) is 11.1. The van der Waals surface area contributed by atoms with Crippen LogP contribution in [0.3, 0.4) is 0 Å². The molecule has 0 aliphatic heterocycles. The smallest absolute Gasteiger partial charge is 0.257 e. The monoisotopic (exact) mass is 329 g/mol. The van der Waals surface area contributed by atoms with E-state index in [9.17, 15) is 4.79 Å². The summed E-state index contributed by atoms with van der Waals surface area (Å²) < 4.78 is 5.44. The molecule has 1 N–H and O–H groups in total. The maximum Gasteiger partial charge on any atom is 0.257 e. The Kier molecular flexibility index (Phi) is 7.01. The zero-order valence-corrected chi connectivity index (χ0v) is 14.5. The van der Waals surface area contributed by atoms with Gasteiger partial charge in [-0.25, -0.2) is 0 Å². The second-order valence-electron chi connectivity index (χ2n) is 5.49. The van der Waals surface area contributed by atoms with Crippen LogP contribution in [0.1, 0.15) is 16.7 Å². The number of thioether (sulfide) groups is 1. The number of carbonyl (C=O) groups is 1. The third-order valence-corrected chi connectivity index (χ3v) is 4.38. The van der Waals surface area contributed by atoms with Gasteiger partial charge in [0.25, 0.3) is 5.91 Å². The molecule has 0 aliphatic carbocycles. The van der Waals surface area contributed by atoms with Crippen LogP contribution in [0.5, 0.6) is 5.75 Å². The van der Waals surface area contributed by atoms with Gasteiger partial charge in [-0.15, -0.1) is 0 Å². The molecule has 0 saturated heterocycles. The Balaban J connectivity index is 1.56. The largest absolute Gasteiger partial charge is 0.484 e. The first-order valence-electron chi connectivity index (χ1n) is 7.73. The topological polar surface area (TPSA) is 38.3 Å². The average Bonchev–Trinajstić information content (AvgIpc) is 2.56. The Hall–Kier alpha value is -1.94. The number of benzene rings is 2. The van der Waals surface area contributed by atoms with E-state index in [0.717, 1.165) is 17.3 Å². The Morgan fingerprint density at radius 1 is 1.00 bits per heavy atom. The number of hydrogen-bond acceptors (Lipinski definition) is 3. The molecule has 4 heteroatoms. The second-order valence-corrected chi connectivity index (χ2v) is 6.60. The lowest BCUT2D eigenvalue weighted by molar-refractivity contribution is -0.122. The summed E-state index contributed by atoms with van der Waals surface area (Å²) in [5.41, 5.74) is 3.77. The fourth-order valence-electron chi connectivity index (χ4n) is 1.97. The SMILES string of the molecule is Cc1ccc(CSCCNC(=O)COc2ccc(C)cc2)cc1. The molecule has 0 radical (unpaired) electrons. The fourth-order valence-corrected chi connectivity index (χ4v) is 2.79. The first-order valence-corrected chi connectivity index (χ1v) is 8.88. The van der Waals surface area contributed by atoms with Crippen LogP contribution in [0.4, 0.5) is 0 Å². The Bertz CT molecular complexity index is 608. The Labute approximate surface area is 142 Å². The molecule has 0 unspecified atom stereocenters. The standard InChI is InChI=1S/C19H23NO2S/c1-15-3-7-17(8-4-15)14-23-12-11-20-19(21)13-22-18-9-5-16(2)6-10-18/h3-10H,11-14H2,1-2H3,(H,20,21). The predicted octanol–water partition coefficient (Wildman–Crippen LogP) is 3.73. The van der Waals surface area contributed by atoms with Crippen LogP contribution in [0, 0.1) is 13.8 Å². The molecule has 2 aromatic carbocycles. The van der Waals surface area contributed by atoms with Gasteiger partial charge in [0.15, 0.2) is 6.61 Å². The van der Waals surface area contributed by atoms with Gasteiger partial charge in [-0.1, -0.05) is 47.5 Å². The summed E-state index contributed by atoms with van der Waals surface area (Å²) >= 11 is 1.81. The van der Waals surface area contributed by atoms with Crippen molar-refractivity contribution in [2.75, 3.05) is 18.9 Å². The minimum absolute atomic E-state index is 0.0612. The van der Waals surface area contributed by atoms with Gasteiger partial charge in [0.2, 0.25) is 0 Å². The predicted molar refractivity (Wildman–Crippen MR) is 97.0 cm³/mol. The highest BCUT2D eigenvalue weighted by Gasteiger charge is 2.02. The van der Waals surface area contributed by atoms with E-state index >= 15 is 0 Å². The van der Waals surface area contributed by atoms with Gasteiger partial charge < -0.3 is 10.1 Å². The lowest BCUT2D eigenvalue weighted by Crippen LogP contribution is -2.30. The third-order valence-electron chi connectivity index (χ3n) is 3.35. The molecule has 0 atom stereocenters. The van der Waals surface area contributed by atoms with E-state index in [0.29, 0.717) is 6.54 Å². The van der Waals surface area contributed by atoms with E-state index in [1.165, 1.54) is 16.7 Å². The van der Waals surface area contributed by atoms with Crippen molar-refractivity contribution in [3.63, 3.8) is 0 Å². The zero-order valence-electron chi connectivity index (χ0n) is 13.7. The summed E-state index contributed by atoms with van der Waals surface area (Å²) in [6.07, 6.45) is 0. The van der Waals surface area contributed by atoms with Crippen molar-refractivity contribution in [2.45, 2.75) is 19.6 Å². The third kappa shape index (κ3) is 6.78. The van der Waals surface area contributed by atoms with Crippen LogP contribution in [0.25, 0.3) is 0 Å². The molecule has 0 heterocycles. The van der Waals surface area contributed by atoms with Crippen LogP contribution in [-0.2, 0) is 10.5 Å². The van der Waals surface area contributed by atoms with Gasteiger partial charge in [-0.3, -0.25) is 4.79 Å². The van der Waals surface area contributed by atoms with E-state index in [1.54, 1.807) is 0 Å². The summed E-state index contributed by atoms with van der Waals surface area (Å²) in [5.74, 6) is 2.50. The van der Waals surface area contributed by atoms with E-state index in [2.05, 4.69) is 36.5 Å². The van der Waals surface area contributed by atoms with E-state index in [4.69, 9.17) is 4.74 Å². The maximum absolute atomic E-state index is 11.7. The Morgan fingerprint density at radius 3 is 2.26 bits per heavy atom. The Morgan fingerprint density at radius 2 is 1.61 bits per heavy atom. The number of nitrogens with one attached hydrogen (secondary N) is 1. The van der Waals surface area contributed by atoms with Crippen molar-refractivity contribution in [1.29, 1.82) is 0 Å². The molecule has 0 spiro atoms. The number of ether oxygens (including phenoxy) is 1. The van der Waals surface area contributed by atoms with Gasteiger partial charge in [0, 0.05) is 18.1 Å². The lowest BCUT2D eigenvalue weighted by Gasteiger charge is -2.08. The van der Waals surface area contributed by atoms with Crippen LogP contribution in [0.2, 0.25) is 0 Å². The number of amides is 1. The molecule has 2 rings (SSSR count). The number of aryl methyl sites for hydroxylation is 2. The molecule has 0 bridgehead atoms. The van der Waals surface area contributed by atoms with Crippen LogP contribution < -0.4 is 10.1 Å². The van der Waals surface area contributed by atoms with Crippen molar-refractivity contribution in [1.82, 2.24) is 5.32 Å². The normalized spacial score (nSPS) is 10.3. The first kappa shape index (κ1) is 17.4. The molecule has 2 aromatic rings. The molecule has 0 fully saturated rings. The molecule has 0 saturated carbocycles. The van der Waals surface area contributed by atoms with Gasteiger partial charge in [-0.05, 0) is 31.5 Å². The zero-order chi connectivity index (χ0) is 16.5. The van der Waals surface area contributed by atoms with Gasteiger partial charge >= 0.3 is 0 Å². The van der Waals surface area contributed by atoms with Gasteiger partial charge in [-0.2, -0.15) is 11.8 Å². The van der Waals surface area contributed by atoms with Crippen molar-refractivity contribution >= 4 is 17.7 Å². The highest BCUT2D eigenvalue weighted by molar-refractivity contribution is 7.98. The van der Waals surface area contributed by atoms with E-state index < -0.39 is 0 Å². The van der Waals surface area contributed by atoms with Crippen LogP contribution in [-0.4, -0.2) is 24.8 Å². The minimum atomic E-state index is -0.0819. The second kappa shape index (κ2) is 9.26. The van der Waals surface area contributed by atoms with Crippen molar-refractivity contribution < 1.29 is 9.53 Å². The molecule has 1 amide bonds. The van der Waals surface area contributed by atoms with Gasteiger partial charge in [0.1, 0.15) is 5.75 Å². The number of carbonyl (C=O) groups excluding carboxylic acids is 1. The highest BCUT2D eigenvalue weighted by atomic mass is 32.2. The molecule has 122 valence electrons. The molecule has 0 aromatic heterocycles. The minimum Gasteiger partial charge on any atom is -0.484 e. The number of rotatable bonds is 8. The van der Waals surface area contributed by atoms with Crippen LogP contribution >= 0.6 is 11.8 Å². The summed E-state index contributed by atoms with van der Waals surface area (Å²) in [4.78, 5) is 11.7. The lowest BCUT2D eigenvalue weighted by atomic mass is 10.2. The highest BCUT2D eigenvalue weighted by Crippen LogP contribution is 2.12. The van der Waals surface area contributed by atoms with Crippen molar-refractivity contribution in [3.8, 4) is 5.75 Å². The van der Waals surface area contributed by atoms with Crippen molar-refractivity contribution in [3.05, 3.63) is 65.2 Å². The molecular formula is C19H23NO2S. The quantitative estimate of drug-likeness (QED) is 0.750. The molecule has 23 heavy (non-hydrogen) atoms.